The SMILES string of the molecule is COC(=O)c1c(NC(=O)CN(c2cc(C)ccc2C)S(=O)(=O)c2ccccc2)sc2c1CCCC2. The summed E-state index contributed by atoms with van der Waals surface area (Å²) in [7, 11) is -2.71. The first kappa shape index (κ1) is 24.9. The molecular weight excluding hydrogens is 484 g/mol. The number of methoxy groups -OCH3 is 1. The second-order valence-electron chi connectivity index (χ2n) is 8.57. The first-order chi connectivity index (χ1) is 16.7. The molecule has 2 aromatic carbocycles. The molecule has 0 spiro atoms. The third-order valence-electron chi connectivity index (χ3n) is 6.07. The fraction of sp³-hybridized carbons (Fsp3) is 0.308. The molecule has 4 rings (SSSR count). The fourth-order valence-electron chi connectivity index (χ4n) is 4.28. The van der Waals surface area contributed by atoms with Gasteiger partial charge in [-0.1, -0.05) is 30.3 Å². The van der Waals surface area contributed by atoms with Gasteiger partial charge in [0.25, 0.3) is 10.0 Å². The fourth-order valence-corrected chi connectivity index (χ4v) is 7.07. The van der Waals surface area contributed by atoms with E-state index < -0.39 is 28.4 Å². The molecule has 1 aliphatic carbocycles. The number of thiophene rings is 1. The minimum atomic E-state index is -4.03. The van der Waals surface area contributed by atoms with Gasteiger partial charge in [0.2, 0.25) is 5.91 Å². The minimum Gasteiger partial charge on any atom is -0.465 e. The van der Waals surface area contributed by atoms with Crippen LogP contribution in [0, 0.1) is 13.8 Å². The van der Waals surface area contributed by atoms with E-state index in [4.69, 9.17) is 4.74 Å². The lowest BCUT2D eigenvalue weighted by atomic mass is 9.95. The number of carbonyl (C=O) groups is 2. The zero-order valence-electron chi connectivity index (χ0n) is 20.0. The number of carbonyl (C=O) groups excluding carboxylic acids is 2. The van der Waals surface area contributed by atoms with Gasteiger partial charge in [-0.25, -0.2) is 13.2 Å². The van der Waals surface area contributed by atoms with E-state index in [2.05, 4.69) is 5.32 Å². The zero-order valence-corrected chi connectivity index (χ0v) is 21.6. The number of fused-ring (bicyclic) bond motifs is 1. The van der Waals surface area contributed by atoms with E-state index >= 15 is 0 Å². The highest BCUT2D eigenvalue weighted by Gasteiger charge is 2.31. The van der Waals surface area contributed by atoms with Crippen LogP contribution in [0.5, 0.6) is 0 Å². The molecule has 0 atom stereocenters. The van der Waals surface area contributed by atoms with Crippen LogP contribution in [-0.4, -0.2) is 33.9 Å². The lowest BCUT2D eigenvalue weighted by molar-refractivity contribution is -0.114. The normalized spacial score (nSPS) is 13.1. The first-order valence-electron chi connectivity index (χ1n) is 11.4. The van der Waals surface area contributed by atoms with Crippen LogP contribution in [0.15, 0.2) is 53.4 Å². The third-order valence-corrected chi connectivity index (χ3v) is 9.05. The first-order valence-corrected chi connectivity index (χ1v) is 13.7. The summed E-state index contributed by atoms with van der Waals surface area (Å²) in [5, 5.41) is 3.22. The summed E-state index contributed by atoms with van der Waals surface area (Å²) in [5.41, 5.74) is 3.34. The number of nitrogens with one attached hydrogen (secondary N) is 1. The van der Waals surface area contributed by atoms with Crippen molar-refractivity contribution in [2.45, 2.75) is 44.4 Å². The Bertz CT molecular complexity index is 1360. The van der Waals surface area contributed by atoms with Gasteiger partial charge < -0.3 is 10.1 Å². The Hall–Kier alpha value is -3.17. The van der Waals surface area contributed by atoms with Crippen molar-refractivity contribution in [2.75, 3.05) is 23.3 Å². The van der Waals surface area contributed by atoms with Gasteiger partial charge in [-0.05, 0) is 74.4 Å². The van der Waals surface area contributed by atoms with E-state index in [1.807, 2.05) is 26.0 Å². The summed E-state index contributed by atoms with van der Waals surface area (Å²) in [6.07, 6.45) is 3.59. The Labute approximate surface area is 209 Å². The molecular formula is C26H28N2O5S2. The third kappa shape index (κ3) is 5.11. The predicted octanol–water partition coefficient (Wildman–Crippen LogP) is 4.86. The summed E-state index contributed by atoms with van der Waals surface area (Å²) >= 11 is 1.37. The number of rotatable bonds is 7. The molecule has 1 N–H and O–H groups in total. The molecule has 184 valence electrons. The highest BCUT2D eigenvalue weighted by molar-refractivity contribution is 7.92. The van der Waals surface area contributed by atoms with Crippen molar-refractivity contribution in [1.29, 1.82) is 0 Å². The van der Waals surface area contributed by atoms with E-state index in [-0.39, 0.29) is 4.90 Å². The molecule has 1 amide bonds. The van der Waals surface area contributed by atoms with Gasteiger partial charge in [0.15, 0.2) is 0 Å². The molecule has 0 unspecified atom stereocenters. The van der Waals surface area contributed by atoms with E-state index in [0.29, 0.717) is 16.3 Å². The monoisotopic (exact) mass is 512 g/mol. The van der Waals surface area contributed by atoms with Crippen LogP contribution in [0.25, 0.3) is 0 Å². The summed E-state index contributed by atoms with van der Waals surface area (Å²) in [6.45, 7) is 3.24. The van der Waals surface area contributed by atoms with E-state index in [1.54, 1.807) is 24.3 Å². The molecule has 0 aliphatic heterocycles. The second-order valence-corrected chi connectivity index (χ2v) is 11.5. The number of ether oxygens (including phenoxy) is 1. The molecule has 0 fully saturated rings. The lowest BCUT2D eigenvalue weighted by Crippen LogP contribution is -2.38. The molecule has 0 saturated heterocycles. The van der Waals surface area contributed by atoms with Crippen LogP contribution >= 0.6 is 11.3 Å². The number of hydrogen-bond acceptors (Lipinski definition) is 6. The number of amides is 1. The molecule has 0 radical (unpaired) electrons. The number of nitrogens with zero attached hydrogens (tertiary/aromatic N) is 1. The van der Waals surface area contributed by atoms with Crippen molar-refractivity contribution >= 4 is 43.9 Å². The van der Waals surface area contributed by atoms with Crippen molar-refractivity contribution in [3.63, 3.8) is 0 Å². The van der Waals surface area contributed by atoms with Crippen molar-refractivity contribution in [3.05, 3.63) is 75.7 Å². The van der Waals surface area contributed by atoms with Gasteiger partial charge >= 0.3 is 5.97 Å². The largest absolute Gasteiger partial charge is 0.465 e. The van der Waals surface area contributed by atoms with Crippen molar-refractivity contribution in [3.8, 4) is 0 Å². The van der Waals surface area contributed by atoms with Crippen molar-refractivity contribution in [1.82, 2.24) is 0 Å². The maximum Gasteiger partial charge on any atom is 0.341 e. The average Bonchev–Trinajstić information content (AvgIpc) is 3.21. The quantitative estimate of drug-likeness (QED) is 0.456. The Morgan fingerprint density at radius 2 is 1.77 bits per heavy atom. The summed E-state index contributed by atoms with van der Waals surface area (Å²) in [5.74, 6) is -1.03. The van der Waals surface area contributed by atoms with Gasteiger partial charge in [-0.3, -0.25) is 9.10 Å². The van der Waals surface area contributed by atoms with Gasteiger partial charge in [0.05, 0.1) is 23.3 Å². The lowest BCUT2D eigenvalue weighted by Gasteiger charge is -2.26. The molecule has 7 nitrogen and oxygen atoms in total. The van der Waals surface area contributed by atoms with Crippen LogP contribution < -0.4 is 9.62 Å². The van der Waals surface area contributed by atoms with E-state index in [1.165, 1.54) is 30.6 Å². The Balaban J connectivity index is 1.71. The van der Waals surface area contributed by atoms with Gasteiger partial charge in [-0.2, -0.15) is 0 Å². The van der Waals surface area contributed by atoms with Crippen LogP contribution in [0.2, 0.25) is 0 Å². The molecule has 0 bridgehead atoms. The van der Waals surface area contributed by atoms with Crippen LogP contribution in [-0.2, 0) is 32.4 Å². The van der Waals surface area contributed by atoms with Crippen molar-refractivity contribution in [2.24, 2.45) is 0 Å². The summed E-state index contributed by atoms with van der Waals surface area (Å²) in [4.78, 5) is 27.0. The van der Waals surface area contributed by atoms with Gasteiger partial charge in [0, 0.05) is 4.88 Å². The molecule has 1 aromatic heterocycles. The van der Waals surface area contributed by atoms with Crippen molar-refractivity contribution < 1.29 is 22.7 Å². The van der Waals surface area contributed by atoms with Gasteiger partial charge in [0.1, 0.15) is 11.5 Å². The molecule has 0 saturated carbocycles. The van der Waals surface area contributed by atoms with Crippen LogP contribution in [0.1, 0.15) is 44.8 Å². The highest BCUT2D eigenvalue weighted by atomic mass is 32.2. The molecule has 1 aliphatic rings. The number of benzene rings is 2. The number of sulfonamides is 1. The zero-order chi connectivity index (χ0) is 25.2. The summed E-state index contributed by atoms with van der Waals surface area (Å²) in [6, 6.07) is 13.5. The van der Waals surface area contributed by atoms with E-state index in [0.717, 1.165) is 51.6 Å². The molecule has 9 heteroatoms. The minimum absolute atomic E-state index is 0.0931. The molecule has 35 heavy (non-hydrogen) atoms. The topological polar surface area (TPSA) is 92.8 Å². The smallest absolute Gasteiger partial charge is 0.341 e. The average molecular weight is 513 g/mol. The molecule has 1 heterocycles. The van der Waals surface area contributed by atoms with Crippen LogP contribution in [0.4, 0.5) is 10.7 Å². The second kappa shape index (κ2) is 10.2. The number of esters is 1. The molecule has 3 aromatic rings. The maximum atomic E-state index is 13.6. The maximum absolute atomic E-state index is 13.6. The standard InChI is InChI=1S/C26H28N2O5S2/c1-17-13-14-18(2)21(15-17)28(35(31,32)19-9-5-4-6-10-19)16-23(29)27-25-24(26(30)33-3)20-11-7-8-12-22(20)34-25/h4-6,9-10,13-15H,7-8,11-12,16H2,1-3H3,(H,27,29). The predicted molar refractivity (Wildman–Crippen MR) is 138 cm³/mol. The number of anilines is 2. The van der Waals surface area contributed by atoms with Gasteiger partial charge in [-0.15, -0.1) is 11.3 Å². The number of hydrogen-bond donors (Lipinski definition) is 1. The van der Waals surface area contributed by atoms with Crippen LogP contribution in [0.3, 0.4) is 0 Å². The Morgan fingerprint density at radius 3 is 2.49 bits per heavy atom. The number of aryl methyl sites for hydroxylation is 3. The Morgan fingerprint density at radius 1 is 1.06 bits per heavy atom. The van der Waals surface area contributed by atoms with E-state index in [9.17, 15) is 18.0 Å². The summed E-state index contributed by atoms with van der Waals surface area (Å²) < 4.78 is 33.4. The highest BCUT2D eigenvalue weighted by Crippen LogP contribution is 2.38. The Kier molecular flexibility index (Phi) is 7.28.